The quantitative estimate of drug-likeness (QED) is 0.130. The van der Waals surface area contributed by atoms with E-state index in [9.17, 15) is 19.2 Å². The van der Waals surface area contributed by atoms with Crippen LogP contribution in [0.25, 0.3) is 0 Å². The minimum atomic E-state index is -0.601. The molecule has 3 aromatic carbocycles. The van der Waals surface area contributed by atoms with Crippen LogP contribution in [0.1, 0.15) is 29.3 Å². The van der Waals surface area contributed by atoms with Gasteiger partial charge in [0.15, 0.2) is 18.1 Å². The predicted molar refractivity (Wildman–Crippen MR) is 150 cm³/mol. The summed E-state index contributed by atoms with van der Waals surface area (Å²) in [5.74, 6) is -1.31. The van der Waals surface area contributed by atoms with Crippen LogP contribution in [-0.2, 0) is 19.1 Å². The second-order valence-electron chi connectivity index (χ2n) is 8.07. The smallest absolute Gasteiger partial charge is 0.338 e. The van der Waals surface area contributed by atoms with Crippen LogP contribution in [0, 0.1) is 0 Å². The Labute approximate surface area is 235 Å². The van der Waals surface area contributed by atoms with E-state index in [1.165, 1.54) is 13.3 Å². The minimum absolute atomic E-state index is 0.273. The average molecular weight is 567 g/mol. The van der Waals surface area contributed by atoms with Crippen molar-refractivity contribution in [3.05, 3.63) is 82.9 Å². The highest BCUT2D eigenvalue weighted by molar-refractivity contribution is 6.30. The van der Waals surface area contributed by atoms with Gasteiger partial charge in [0.05, 0.1) is 25.5 Å². The van der Waals surface area contributed by atoms with Crippen molar-refractivity contribution in [3.63, 3.8) is 0 Å². The molecule has 0 aliphatic carbocycles. The Hall–Kier alpha value is -4.90. The second-order valence-corrected chi connectivity index (χ2v) is 8.51. The molecule has 3 amide bonds. The van der Waals surface area contributed by atoms with Crippen molar-refractivity contribution in [2.45, 2.75) is 13.3 Å². The van der Waals surface area contributed by atoms with Crippen molar-refractivity contribution in [1.82, 2.24) is 5.43 Å². The van der Waals surface area contributed by atoms with Gasteiger partial charge in [0, 0.05) is 16.4 Å². The molecule has 0 heterocycles. The summed E-state index contributed by atoms with van der Waals surface area (Å²) in [6.07, 6.45) is 0.946. The number of ether oxygens (including phenoxy) is 3. The van der Waals surface area contributed by atoms with Gasteiger partial charge in [-0.3, -0.25) is 14.4 Å². The van der Waals surface area contributed by atoms with E-state index in [4.69, 9.17) is 25.8 Å². The van der Waals surface area contributed by atoms with E-state index in [1.807, 2.05) is 0 Å². The van der Waals surface area contributed by atoms with E-state index in [0.29, 0.717) is 39.0 Å². The van der Waals surface area contributed by atoms with Gasteiger partial charge in [-0.05, 0) is 79.2 Å². The van der Waals surface area contributed by atoms with Gasteiger partial charge in [-0.2, -0.15) is 5.10 Å². The normalized spacial score (nSPS) is 10.5. The summed E-state index contributed by atoms with van der Waals surface area (Å²) in [5.41, 5.74) is 4.24. The van der Waals surface area contributed by atoms with Crippen molar-refractivity contribution in [2.24, 2.45) is 5.10 Å². The van der Waals surface area contributed by atoms with Crippen LogP contribution in [-0.4, -0.2) is 50.2 Å². The molecule has 11 nitrogen and oxygen atoms in total. The van der Waals surface area contributed by atoms with Crippen LogP contribution in [0.4, 0.5) is 11.4 Å². The number of anilines is 2. The maximum Gasteiger partial charge on any atom is 0.338 e. The molecule has 12 heteroatoms. The molecule has 0 unspecified atom stereocenters. The van der Waals surface area contributed by atoms with Crippen LogP contribution < -0.4 is 25.5 Å². The largest absolute Gasteiger partial charge is 0.493 e. The van der Waals surface area contributed by atoms with Gasteiger partial charge in [0.25, 0.3) is 5.91 Å². The van der Waals surface area contributed by atoms with Gasteiger partial charge in [0.2, 0.25) is 11.8 Å². The topological polar surface area (TPSA) is 144 Å². The molecule has 0 saturated heterocycles. The number of benzene rings is 3. The third-order valence-electron chi connectivity index (χ3n) is 5.08. The standard InChI is InChI=1S/C28H27ClN4O7/c1-3-39-28(37)19-5-9-21(10-6-19)32-27(36)17-40-23-13-4-18(14-24(23)38-2)16-30-33-26(35)15-25(34)31-22-11-7-20(29)8-12-22/h4-14,16H,3,15,17H2,1-2H3,(H,31,34)(H,32,36)(H,33,35). The van der Waals surface area contributed by atoms with Crippen molar-refractivity contribution >= 4 is 52.9 Å². The maximum absolute atomic E-state index is 12.3. The fourth-order valence-corrected chi connectivity index (χ4v) is 3.36. The van der Waals surface area contributed by atoms with E-state index in [1.54, 1.807) is 73.7 Å². The number of carbonyl (C=O) groups excluding carboxylic acids is 4. The Balaban J connectivity index is 1.46. The van der Waals surface area contributed by atoms with Crippen LogP contribution in [0.5, 0.6) is 11.5 Å². The van der Waals surface area contributed by atoms with E-state index < -0.39 is 30.1 Å². The number of methoxy groups -OCH3 is 1. The zero-order valence-electron chi connectivity index (χ0n) is 21.7. The number of hydrazone groups is 1. The molecule has 0 aromatic heterocycles. The number of nitrogens with zero attached hydrogens (tertiary/aromatic N) is 1. The summed E-state index contributed by atoms with van der Waals surface area (Å²) in [7, 11) is 1.44. The summed E-state index contributed by atoms with van der Waals surface area (Å²) >= 11 is 5.81. The predicted octanol–water partition coefficient (Wildman–Crippen LogP) is 4.02. The maximum atomic E-state index is 12.3. The summed E-state index contributed by atoms with van der Waals surface area (Å²) in [6.45, 7) is 1.70. The number of halogens is 1. The summed E-state index contributed by atoms with van der Waals surface area (Å²) < 4.78 is 15.8. The van der Waals surface area contributed by atoms with Gasteiger partial charge >= 0.3 is 5.97 Å². The molecule has 40 heavy (non-hydrogen) atoms. The molecular weight excluding hydrogens is 540 g/mol. The van der Waals surface area contributed by atoms with Gasteiger partial charge in [-0.1, -0.05) is 11.6 Å². The zero-order chi connectivity index (χ0) is 28.9. The summed E-state index contributed by atoms with van der Waals surface area (Å²) in [4.78, 5) is 48.0. The first-order valence-corrected chi connectivity index (χ1v) is 12.4. The Morgan fingerprint density at radius 3 is 2.15 bits per heavy atom. The Morgan fingerprint density at radius 1 is 0.850 bits per heavy atom. The van der Waals surface area contributed by atoms with Crippen molar-refractivity contribution < 1.29 is 33.4 Å². The molecule has 0 radical (unpaired) electrons. The van der Waals surface area contributed by atoms with Crippen LogP contribution >= 0.6 is 11.6 Å². The van der Waals surface area contributed by atoms with Crippen molar-refractivity contribution in [2.75, 3.05) is 31.0 Å². The third-order valence-corrected chi connectivity index (χ3v) is 5.33. The molecule has 0 atom stereocenters. The first-order valence-electron chi connectivity index (χ1n) is 12.0. The van der Waals surface area contributed by atoms with Gasteiger partial charge in [-0.15, -0.1) is 0 Å². The van der Waals surface area contributed by atoms with Gasteiger partial charge < -0.3 is 24.8 Å². The van der Waals surface area contributed by atoms with Crippen LogP contribution in [0.15, 0.2) is 71.8 Å². The summed E-state index contributed by atoms with van der Waals surface area (Å²) in [5, 5.41) is 9.65. The van der Waals surface area contributed by atoms with Crippen molar-refractivity contribution in [3.8, 4) is 11.5 Å². The highest BCUT2D eigenvalue weighted by Gasteiger charge is 2.11. The third kappa shape index (κ3) is 9.44. The molecule has 3 aromatic rings. The zero-order valence-corrected chi connectivity index (χ0v) is 22.5. The second kappa shape index (κ2) is 14.9. The fourth-order valence-electron chi connectivity index (χ4n) is 3.23. The first kappa shape index (κ1) is 29.7. The van der Waals surface area contributed by atoms with Gasteiger partial charge in [-0.25, -0.2) is 10.2 Å². The average Bonchev–Trinajstić information content (AvgIpc) is 2.94. The fraction of sp³-hybridized carbons (Fsp3) is 0.179. The molecule has 0 bridgehead atoms. The SMILES string of the molecule is CCOC(=O)c1ccc(NC(=O)COc2ccc(C=NNC(=O)CC(=O)Nc3ccc(Cl)cc3)cc2OC)cc1. The highest BCUT2D eigenvalue weighted by Crippen LogP contribution is 2.27. The molecule has 3 N–H and O–H groups in total. The number of hydrogen-bond acceptors (Lipinski definition) is 8. The molecule has 0 fully saturated rings. The van der Waals surface area contributed by atoms with E-state index in [-0.39, 0.29) is 13.2 Å². The Kier molecular flexibility index (Phi) is 11.0. The minimum Gasteiger partial charge on any atom is -0.493 e. The monoisotopic (exact) mass is 566 g/mol. The lowest BCUT2D eigenvalue weighted by molar-refractivity contribution is -0.126. The number of carbonyl (C=O) groups is 4. The molecule has 208 valence electrons. The van der Waals surface area contributed by atoms with Crippen LogP contribution in [0.3, 0.4) is 0 Å². The lowest BCUT2D eigenvalue weighted by Crippen LogP contribution is -2.24. The summed E-state index contributed by atoms with van der Waals surface area (Å²) in [6, 6.07) is 17.6. The molecule has 0 aliphatic rings. The molecule has 0 spiro atoms. The highest BCUT2D eigenvalue weighted by atomic mass is 35.5. The lowest BCUT2D eigenvalue weighted by Gasteiger charge is -2.11. The Bertz CT molecular complexity index is 1380. The van der Waals surface area contributed by atoms with E-state index in [2.05, 4.69) is 21.2 Å². The molecular formula is C28H27ClN4O7. The van der Waals surface area contributed by atoms with E-state index >= 15 is 0 Å². The number of nitrogens with one attached hydrogen (secondary N) is 3. The number of rotatable bonds is 12. The van der Waals surface area contributed by atoms with E-state index in [0.717, 1.165) is 0 Å². The number of esters is 1. The first-order chi connectivity index (χ1) is 19.3. The lowest BCUT2D eigenvalue weighted by atomic mass is 10.2. The number of amides is 3. The van der Waals surface area contributed by atoms with Crippen LogP contribution in [0.2, 0.25) is 5.02 Å². The number of hydrogen-bond donors (Lipinski definition) is 3. The molecule has 3 rings (SSSR count). The van der Waals surface area contributed by atoms with Gasteiger partial charge in [0.1, 0.15) is 6.42 Å². The van der Waals surface area contributed by atoms with Crippen molar-refractivity contribution in [1.29, 1.82) is 0 Å². The molecule has 0 saturated carbocycles. The Morgan fingerprint density at radius 2 is 1.50 bits per heavy atom. The molecule has 0 aliphatic heterocycles.